The van der Waals surface area contributed by atoms with Crippen LogP contribution in [0.15, 0.2) is 91.0 Å². The van der Waals surface area contributed by atoms with E-state index in [0.717, 1.165) is 32.7 Å². The van der Waals surface area contributed by atoms with Gasteiger partial charge >= 0.3 is 0 Å². The maximum absolute atomic E-state index is 4.74. The number of hydrogen-bond donors (Lipinski definition) is 1. The summed E-state index contributed by atoms with van der Waals surface area (Å²) in [6.45, 7) is 0. The summed E-state index contributed by atoms with van der Waals surface area (Å²) in [7, 11) is 0. The Kier molecular flexibility index (Phi) is 4.31. The minimum atomic E-state index is -0.0379. The Hall–Kier alpha value is -3.51. The van der Waals surface area contributed by atoms with Crippen LogP contribution in [0.5, 0.6) is 0 Å². The van der Waals surface area contributed by atoms with Crippen LogP contribution in [0.4, 0.5) is 10.8 Å². The summed E-state index contributed by atoms with van der Waals surface area (Å²) in [6.07, 6.45) is 0. The molecular weight excluding hydrogens is 366 g/mol. The largest absolute Gasteiger partial charge is 0.330 e. The van der Waals surface area contributed by atoms with E-state index in [2.05, 4.69) is 39.8 Å². The van der Waals surface area contributed by atoms with Gasteiger partial charge in [0, 0.05) is 5.69 Å². The second kappa shape index (κ2) is 7.25. The van der Waals surface area contributed by atoms with E-state index in [1.54, 1.807) is 0 Å². The first kappa shape index (κ1) is 16.6. The van der Waals surface area contributed by atoms with Crippen molar-refractivity contribution >= 4 is 27.1 Å². The third kappa shape index (κ3) is 3.14. The average molecular weight is 383 g/mol. The monoisotopic (exact) mass is 383 g/mol. The Bertz CT molecular complexity index is 1140. The van der Waals surface area contributed by atoms with Crippen molar-refractivity contribution in [3.8, 4) is 0 Å². The molecule has 2 aromatic heterocycles. The molecule has 0 saturated heterocycles. The first-order chi connectivity index (χ1) is 13.9. The van der Waals surface area contributed by atoms with E-state index < -0.39 is 0 Å². The van der Waals surface area contributed by atoms with Crippen molar-refractivity contribution in [2.75, 3.05) is 5.32 Å². The van der Waals surface area contributed by atoms with Crippen molar-refractivity contribution in [3.05, 3.63) is 108 Å². The van der Waals surface area contributed by atoms with Gasteiger partial charge in [-0.15, -0.1) is 15.3 Å². The molecule has 0 fully saturated rings. The van der Waals surface area contributed by atoms with Crippen molar-refractivity contribution in [1.29, 1.82) is 0 Å². The van der Waals surface area contributed by atoms with E-state index in [0.29, 0.717) is 0 Å². The van der Waals surface area contributed by atoms with Crippen LogP contribution in [0.2, 0.25) is 0 Å². The Balaban J connectivity index is 1.59. The maximum atomic E-state index is 4.74. The second-order valence-corrected chi connectivity index (χ2v) is 7.36. The molecule has 5 aromatic rings. The highest BCUT2D eigenvalue weighted by atomic mass is 32.1. The van der Waals surface area contributed by atoms with E-state index in [-0.39, 0.29) is 5.92 Å². The fraction of sp³-hybridized carbons (Fsp3) is 0.0455. The smallest absolute Gasteiger partial charge is 0.236 e. The van der Waals surface area contributed by atoms with Crippen LogP contribution in [-0.4, -0.2) is 19.8 Å². The second-order valence-electron chi connectivity index (χ2n) is 6.41. The number of benzene rings is 3. The van der Waals surface area contributed by atoms with Crippen molar-refractivity contribution < 1.29 is 0 Å². The Morgan fingerprint density at radius 3 is 1.89 bits per heavy atom. The Labute approximate surface area is 166 Å². The molecule has 0 amide bonds. The molecule has 28 heavy (non-hydrogen) atoms. The Morgan fingerprint density at radius 1 is 0.714 bits per heavy atom. The van der Waals surface area contributed by atoms with Gasteiger partial charge in [0.1, 0.15) is 0 Å². The number of nitrogens with one attached hydrogen (secondary N) is 1. The maximum Gasteiger partial charge on any atom is 0.236 e. The normalized spacial score (nSPS) is 11.2. The number of hydrogen-bond acceptors (Lipinski definition) is 5. The van der Waals surface area contributed by atoms with Crippen LogP contribution in [0, 0.1) is 0 Å². The van der Waals surface area contributed by atoms with Crippen LogP contribution in [0.3, 0.4) is 0 Å². The van der Waals surface area contributed by atoms with Crippen LogP contribution in [0.1, 0.15) is 22.9 Å². The highest BCUT2D eigenvalue weighted by Crippen LogP contribution is 2.32. The molecule has 5 nitrogen and oxygen atoms in total. The molecule has 1 N–H and O–H groups in total. The van der Waals surface area contributed by atoms with Crippen molar-refractivity contribution in [3.63, 3.8) is 0 Å². The van der Waals surface area contributed by atoms with Gasteiger partial charge in [-0.1, -0.05) is 90.2 Å². The van der Waals surface area contributed by atoms with Gasteiger partial charge in [-0.25, -0.2) is 0 Å². The zero-order valence-corrected chi connectivity index (χ0v) is 15.8. The first-order valence-electron chi connectivity index (χ1n) is 9.02. The molecule has 0 aliphatic rings. The number of aromatic nitrogens is 4. The van der Waals surface area contributed by atoms with Crippen LogP contribution in [-0.2, 0) is 0 Å². The Morgan fingerprint density at radius 2 is 1.29 bits per heavy atom. The lowest BCUT2D eigenvalue weighted by Crippen LogP contribution is -2.09. The van der Waals surface area contributed by atoms with Crippen LogP contribution < -0.4 is 5.32 Å². The summed E-state index contributed by atoms with van der Waals surface area (Å²) in [5.74, 6) is 0.772. The highest BCUT2D eigenvalue weighted by Gasteiger charge is 2.24. The fourth-order valence-corrected chi connectivity index (χ4v) is 4.06. The summed E-state index contributed by atoms with van der Waals surface area (Å²) in [4.78, 5) is 0.769. The van der Waals surface area contributed by atoms with E-state index in [1.807, 2.05) is 71.2 Å². The van der Waals surface area contributed by atoms with Gasteiger partial charge in [-0.2, -0.15) is 4.52 Å². The molecule has 0 aliphatic carbocycles. The third-order valence-corrected chi connectivity index (χ3v) is 5.38. The minimum absolute atomic E-state index is 0.0379. The molecule has 0 saturated carbocycles. The van der Waals surface area contributed by atoms with Crippen LogP contribution in [0.25, 0.3) is 4.96 Å². The third-order valence-electron chi connectivity index (χ3n) is 4.56. The summed E-state index contributed by atoms with van der Waals surface area (Å²) < 4.78 is 1.85. The molecule has 0 radical (unpaired) electrons. The predicted octanol–water partition coefficient (Wildman–Crippen LogP) is 5.11. The summed E-state index contributed by atoms with van der Waals surface area (Å²) in [6, 6.07) is 30.7. The molecule has 0 bridgehead atoms. The molecule has 5 rings (SSSR count). The lowest BCUT2D eigenvalue weighted by Gasteiger charge is -2.15. The average Bonchev–Trinajstić information content (AvgIpc) is 3.32. The topological polar surface area (TPSA) is 55.1 Å². The molecule has 6 heteroatoms. The SMILES string of the molecule is c1ccc(Nc2nn3c(C(c4ccccc4)c4ccccc4)nnc3s2)cc1. The van der Waals surface area contributed by atoms with Gasteiger partial charge in [0.05, 0.1) is 5.92 Å². The van der Waals surface area contributed by atoms with Gasteiger partial charge in [-0.3, -0.25) is 0 Å². The van der Waals surface area contributed by atoms with Crippen molar-refractivity contribution in [2.24, 2.45) is 0 Å². The first-order valence-corrected chi connectivity index (χ1v) is 9.84. The zero-order valence-electron chi connectivity index (χ0n) is 14.9. The molecule has 3 aromatic carbocycles. The molecule has 2 heterocycles. The van der Waals surface area contributed by atoms with Crippen LogP contribution >= 0.6 is 11.3 Å². The van der Waals surface area contributed by atoms with Gasteiger partial charge < -0.3 is 5.32 Å². The number of anilines is 2. The quantitative estimate of drug-likeness (QED) is 0.458. The molecule has 0 aliphatic heterocycles. The minimum Gasteiger partial charge on any atom is -0.330 e. The van der Waals surface area contributed by atoms with Gasteiger partial charge in [0.2, 0.25) is 10.1 Å². The summed E-state index contributed by atoms with van der Waals surface area (Å²) in [5.41, 5.74) is 3.32. The summed E-state index contributed by atoms with van der Waals surface area (Å²) in [5, 5.41) is 17.7. The fourth-order valence-electron chi connectivity index (χ4n) is 3.29. The van der Waals surface area contributed by atoms with Gasteiger partial charge in [-0.05, 0) is 23.3 Å². The van der Waals surface area contributed by atoms with Crippen molar-refractivity contribution in [2.45, 2.75) is 5.92 Å². The van der Waals surface area contributed by atoms with E-state index in [4.69, 9.17) is 5.10 Å². The summed E-state index contributed by atoms with van der Waals surface area (Å²) >= 11 is 1.49. The van der Waals surface area contributed by atoms with Gasteiger partial charge in [0.15, 0.2) is 5.82 Å². The predicted molar refractivity (Wildman–Crippen MR) is 112 cm³/mol. The number of para-hydroxylation sites is 1. The number of nitrogens with zero attached hydrogens (tertiary/aromatic N) is 4. The number of fused-ring (bicyclic) bond motifs is 1. The number of rotatable bonds is 5. The van der Waals surface area contributed by atoms with Gasteiger partial charge in [0.25, 0.3) is 0 Å². The van der Waals surface area contributed by atoms with E-state index >= 15 is 0 Å². The molecular formula is C22H17N5S. The van der Waals surface area contributed by atoms with Crippen molar-refractivity contribution in [1.82, 2.24) is 19.8 Å². The lowest BCUT2D eigenvalue weighted by atomic mass is 9.91. The van der Waals surface area contributed by atoms with E-state index in [9.17, 15) is 0 Å². The van der Waals surface area contributed by atoms with E-state index in [1.165, 1.54) is 11.3 Å². The zero-order chi connectivity index (χ0) is 18.8. The highest BCUT2D eigenvalue weighted by molar-refractivity contribution is 7.20. The molecule has 0 unspecified atom stereocenters. The molecule has 0 spiro atoms. The lowest BCUT2D eigenvalue weighted by molar-refractivity contribution is 0.786. The molecule has 0 atom stereocenters. The molecule has 136 valence electrons. The standard InChI is InChI=1S/C22H17N5S/c1-4-10-16(11-5-1)19(17-12-6-2-7-13-17)20-24-25-22-27(20)26-21(28-22)23-18-14-8-3-9-15-18/h1-15,19H,(H,23,26).